The number of nitrogens with one attached hydrogen (secondary N) is 1. The summed E-state index contributed by atoms with van der Waals surface area (Å²) in [5, 5.41) is 2.28. The number of rotatable bonds is 2. The second-order valence-corrected chi connectivity index (χ2v) is 7.59. The second-order valence-electron chi connectivity index (χ2n) is 5.42. The molecule has 0 unspecified atom stereocenters. The Balaban J connectivity index is 2.02. The van der Waals surface area contributed by atoms with E-state index in [1.54, 1.807) is 0 Å². The minimum Gasteiger partial charge on any atom is -0.360 e. The Morgan fingerprint density at radius 3 is 2.78 bits per heavy atom. The normalized spacial score (nSPS) is 11.4. The van der Waals surface area contributed by atoms with E-state index in [0.717, 1.165) is 43.1 Å². The molecule has 2 aromatic carbocycles. The Kier molecular flexibility index (Phi) is 3.87. The summed E-state index contributed by atoms with van der Waals surface area (Å²) in [4.78, 5) is 8.19. The second kappa shape index (κ2) is 5.89. The number of benzene rings is 2. The van der Waals surface area contributed by atoms with Gasteiger partial charge in [0.1, 0.15) is 0 Å². The van der Waals surface area contributed by atoms with E-state index in [-0.39, 0.29) is 0 Å². The third-order valence-corrected chi connectivity index (χ3v) is 5.16. The molecule has 0 amide bonds. The van der Waals surface area contributed by atoms with E-state index in [0.29, 0.717) is 6.54 Å². The number of nitrogens with two attached hydrogens (primary N) is 1. The van der Waals surface area contributed by atoms with Crippen LogP contribution in [-0.2, 0) is 6.54 Å². The number of fused-ring (bicyclic) bond motifs is 2. The SMILES string of the molecule is NCc1cc(-c2c[nH]c3ccc(Br)cc23)nc2cc(I)ccc12. The van der Waals surface area contributed by atoms with Gasteiger partial charge in [0.05, 0.1) is 11.2 Å². The van der Waals surface area contributed by atoms with Crippen molar-refractivity contribution in [2.24, 2.45) is 5.73 Å². The summed E-state index contributed by atoms with van der Waals surface area (Å²) in [6.45, 7) is 0.499. The molecule has 5 heteroatoms. The molecular formula is C18H13BrIN3. The van der Waals surface area contributed by atoms with Crippen molar-refractivity contribution in [3.63, 3.8) is 0 Å². The van der Waals surface area contributed by atoms with Crippen LogP contribution in [0.2, 0.25) is 0 Å². The quantitative estimate of drug-likeness (QED) is 0.389. The molecule has 0 saturated heterocycles. The number of aromatic amines is 1. The first kappa shape index (κ1) is 15.1. The molecule has 0 saturated carbocycles. The Bertz CT molecular complexity index is 1040. The fraction of sp³-hybridized carbons (Fsp3) is 0.0556. The van der Waals surface area contributed by atoms with Gasteiger partial charge in [0.25, 0.3) is 0 Å². The van der Waals surface area contributed by atoms with Gasteiger partial charge in [-0.1, -0.05) is 22.0 Å². The minimum atomic E-state index is 0.499. The van der Waals surface area contributed by atoms with Crippen molar-refractivity contribution in [3.05, 3.63) is 62.3 Å². The van der Waals surface area contributed by atoms with Gasteiger partial charge in [-0.15, -0.1) is 0 Å². The van der Waals surface area contributed by atoms with Gasteiger partial charge in [0.2, 0.25) is 0 Å². The smallest absolute Gasteiger partial charge is 0.0734 e. The standard InChI is InChI=1S/C18H13BrIN3/c19-11-1-4-16-14(6-11)15(9-22-16)17-5-10(8-21)13-3-2-12(20)7-18(13)23-17/h1-7,9,22H,8,21H2. The van der Waals surface area contributed by atoms with Crippen LogP contribution in [0.1, 0.15) is 5.56 Å². The summed E-state index contributed by atoms with van der Waals surface area (Å²) >= 11 is 5.86. The molecule has 0 fully saturated rings. The lowest BCUT2D eigenvalue weighted by molar-refractivity contribution is 1.08. The summed E-state index contributed by atoms with van der Waals surface area (Å²) in [6.07, 6.45) is 2.01. The van der Waals surface area contributed by atoms with Crippen molar-refractivity contribution < 1.29 is 0 Å². The predicted octanol–water partition coefficient (Wildman–Crippen LogP) is 5.21. The van der Waals surface area contributed by atoms with Gasteiger partial charge in [-0.25, -0.2) is 4.98 Å². The summed E-state index contributed by atoms with van der Waals surface area (Å²) in [6, 6.07) is 14.6. The van der Waals surface area contributed by atoms with Gasteiger partial charge in [0, 0.05) is 42.6 Å². The predicted molar refractivity (Wildman–Crippen MR) is 107 cm³/mol. The number of aromatic nitrogens is 2. The minimum absolute atomic E-state index is 0.499. The molecule has 114 valence electrons. The zero-order valence-electron chi connectivity index (χ0n) is 12.1. The van der Waals surface area contributed by atoms with Crippen molar-refractivity contribution in [3.8, 4) is 11.3 Å². The molecule has 0 aliphatic carbocycles. The van der Waals surface area contributed by atoms with E-state index in [1.165, 1.54) is 3.57 Å². The van der Waals surface area contributed by atoms with Crippen LogP contribution in [0.25, 0.3) is 33.1 Å². The van der Waals surface area contributed by atoms with Gasteiger partial charge >= 0.3 is 0 Å². The average Bonchev–Trinajstić information content (AvgIpc) is 2.96. The van der Waals surface area contributed by atoms with Crippen molar-refractivity contribution in [2.75, 3.05) is 0 Å². The Hall–Kier alpha value is -1.44. The first-order valence-electron chi connectivity index (χ1n) is 7.22. The lowest BCUT2D eigenvalue weighted by atomic mass is 10.0. The molecule has 0 atom stereocenters. The van der Waals surface area contributed by atoms with Crippen LogP contribution in [0, 0.1) is 3.57 Å². The lowest BCUT2D eigenvalue weighted by Crippen LogP contribution is -1.99. The van der Waals surface area contributed by atoms with Crippen LogP contribution in [-0.4, -0.2) is 9.97 Å². The highest BCUT2D eigenvalue weighted by Crippen LogP contribution is 2.32. The summed E-state index contributed by atoms with van der Waals surface area (Å²) in [7, 11) is 0. The van der Waals surface area contributed by atoms with Crippen LogP contribution in [0.15, 0.2) is 53.1 Å². The van der Waals surface area contributed by atoms with E-state index < -0.39 is 0 Å². The monoisotopic (exact) mass is 477 g/mol. The molecule has 0 spiro atoms. The maximum atomic E-state index is 5.97. The molecule has 0 aliphatic rings. The topological polar surface area (TPSA) is 54.7 Å². The first-order chi connectivity index (χ1) is 11.2. The molecule has 4 aromatic rings. The number of halogens is 2. The number of hydrogen-bond donors (Lipinski definition) is 2. The van der Waals surface area contributed by atoms with Crippen molar-refractivity contribution in [2.45, 2.75) is 6.54 Å². The maximum absolute atomic E-state index is 5.97. The van der Waals surface area contributed by atoms with Crippen LogP contribution in [0.4, 0.5) is 0 Å². The Labute approximate surface area is 155 Å². The van der Waals surface area contributed by atoms with Crippen LogP contribution in [0.5, 0.6) is 0 Å². The van der Waals surface area contributed by atoms with E-state index >= 15 is 0 Å². The fourth-order valence-corrected chi connectivity index (χ4v) is 3.72. The molecule has 0 aliphatic heterocycles. The summed E-state index contributed by atoms with van der Waals surface area (Å²) < 4.78 is 2.23. The number of nitrogens with zero attached hydrogens (tertiary/aromatic N) is 1. The molecule has 3 N–H and O–H groups in total. The third kappa shape index (κ3) is 2.66. The maximum Gasteiger partial charge on any atom is 0.0734 e. The Morgan fingerprint density at radius 2 is 1.96 bits per heavy atom. The lowest BCUT2D eigenvalue weighted by Gasteiger charge is -2.08. The van der Waals surface area contributed by atoms with Crippen molar-refractivity contribution in [1.82, 2.24) is 9.97 Å². The fourth-order valence-electron chi connectivity index (χ4n) is 2.89. The van der Waals surface area contributed by atoms with Gasteiger partial charge in [0.15, 0.2) is 0 Å². The number of H-pyrrole nitrogens is 1. The van der Waals surface area contributed by atoms with Crippen LogP contribution >= 0.6 is 38.5 Å². The van der Waals surface area contributed by atoms with Gasteiger partial charge < -0.3 is 10.7 Å². The third-order valence-electron chi connectivity index (χ3n) is 4.00. The van der Waals surface area contributed by atoms with E-state index in [2.05, 4.69) is 79.9 Å². The zero-order chi connectivity index (χ0) is 16.0. The van der Waals surface area contributed by atoms with E-state index in [9.17, 15) is 0 Å². The number of pyridine rings is 1. The highest BCUT2D eigenvalue weighted by molar-refractivity contribution is 14.1. The molecule has 2 heterocycles. The first-order valence-corrected chi connectivity index (χ1v) is 9.09. The van der Waals surface area contributed by atoms with Crippen LogP contribution < -0.4 is 5.73 Å². The van der Waals surface area contributed by atoms with Crippen molar-refractivity contribution >= 4 is 60.3 Å². The molecule has 0 bridgehead atoms. The number of hydrogen-bond acceptors (Lipinski definition) is 2. The largest absolute Gasteiger partial charge is 0.360 e. The molecule has 23 heavy (non-hydrogen) atoms. The highest BCUT2D eigenvalue weighted by Gasteiger charge is 2.11. The summed E-state index contributed by atoms with van der Waals surface area (Å²) in [5.41, 5.74) is 11.2. The van der Waals surface area contributed by atoms with E-state index in [4.69, 9.17) is 10.7 Å². The molecule has 4 rings (SSSR count). The van der Waals surface area contributed by atoms with Gasteiger partial charge in [-0.3, -0.25) is 0 Å². The molecule has 0 radical (unpaired) electrons. The highest BCUT2D eigenvalue weighted by atomic mass is 127. The summed E-state index contributed by atoms with van der Waals surface area (Å²) in [5.74, 6) is 0. The van der Waals surface area contributed by atoms with Gasteiger partial charge in [-0.2, -0.15) is 0 Å². The van der Waals surface area contributed by atoms with Crippen LogP contribution in [0.3, 0.4) is 0 Å². The Morgan fingerprint density at radius 1 is 1.09 bits per heavy atom. The molecule has 2 aromatic heterocycles. The zero-order valence-corrected chi connectivity index (χ0v) is 15.8. The van der Waals surface area contributed by atoms with Gasteiger partial charge in [-0.05, 0) is 64.6 Å². The van der Waals surface area contributed by atoms with E-state index in [1.807, 2.05) is 12.3 Å². The average molecular weight is 478 g/mol. The van der Waals surface area contributed by atoms with Crippen molar-refractivity contribution in [1.29, 1.82) is 0 Å². The molecule has 3 nitrogen and oxygen atoms in total. The molecular weight excluding hydrogens is 465 g/mol.